The van der Waals surface area contributed by atoms with E-state index >= 15 is 0 Å². The van der Waals surface area contributed by atoms with Crippen molar-refractivity contribution in [2.75, 3.05) is 30.9 Å². The molecule has 0 saturated carbocycles. The average Bonchev–Trinajstić information content (AvgIpc) is 2.43. The summed E-state index contributed by atoms with van der Waals surface area (Å²) in [6.07, 6.45) is 0.366. The maximum atomic E-state index is 11.9. The molecule has 1 aromatic carbocycles. The van der Waals surface area contributed by atoms with Crippen LogP contribution in [0.15, 0.2) is 29.3 Å². The molecule has 0 fully saturated rings. The summed E-state index contributed by atoms with van der Waals surface area (Å²) in [6, 6.07) is 7.86. The Bertz CT molecular complexity index is 531. The third kappa shape index (κ3) is 7.54. The smallest absolute Gasteiger partial charge is 0.414 e. The van der Waals surface area contributed by atoms with Gasteiger partial charge in [0.1, 0.15) is 5.60 Å². The molecule has 6 nitrogen and oxygen atoms in total. The van der Waals surface area contributed by atoms with Crippen molar-refractivity contribution in [2.24, 2.45) is 4.99 Å². The van der Waals surface area contributed by atoms with Gasteiger partial charge >= 0.3 is 6.09 Å². The zero-order valence-electron chi connectivity index (χ0n) is 14.9. The first-order valence-electron chi connectivity index (χ1n) is 7.80. The summed E-state index contributed by atoms with van der Waals surface area (Å²) in [4.78, 5) is 18.3. The number of ether oxygens (including phenoxy) is 1. The molecule has 0 spiro atoms. The van der Waals surface area contributed by atoms with E-state index in [4.69, 9.17) is 4.74 Å². The van der Waals surface area contributed by atoms with Gasteiger partial charge in [0.15, 0.2) is 0 Å². The molecule has 23 heavy (non-hydrogen) atoms. The van der Waals surface area contributed by atoms with Crippen LogP contribution >= 0.6 is 0 Å². The highest BCUT2D eigenvalue weighted by Crippen LogP contribution is 2.15. The zero-order chi connectivity index (χ0) is 17.5. The molecule has 0 heterocycles. The van der Waals surface area contributed by atoms with Crippen molar-refractivity contribution in [1.29, 1.82) is 0 Å². The van der Waals surface area contributed by atoms with Crippen LogP contribution in [0.5, 0.6) is 0 Å². The summed E-state index contributed by atoms with van der Waals surface area (Å²) in [5.74, 6) is 0.388. The number of rotatable bonds is 4. The van der Waals surface area contributed by atoms with Crippen molar-refractivity contribution in [3.8, 4) is 0 Å². The second-order valence-electron chi connectivity index (χ2n) is 6.42. The van der Waals surface area contributed by atoms with Crippen molar-refractivity contribution in [1.82, 2.24) is 5.32 Å². The van der Waals surface area contributed by atoms with Crippen molar-refractivity contribution >= 4 is 23.4 Å². The van der Waals surface area contributed by atoms with Gasteiger partial charge in [-0.05, 0) is 51.5 Å². The molecule has 0 aliphatic carbocycles. The maximum Gasteiger partial charge on any atom is 0.414 e. The van der Waals surface area contributed by atoms with Crippen LogP contribution in [0.2, 0.25) is 0 Å². The third-order valence-electron chi connectivity index (χ3n) is 2.76. The standard InChI is InChI=1S/C17H28N4O2/c1-7-12-18-15(20-16(22)23-17(2,3)4)19-13-8-10-14(11-9-13)21(5)6/h8-11H,7,12H2,1-6H3,(H2,18,19,20,22). The molecular formula is C17H28N4O2. The van der Waals surface area contributed by atoms with Gasteiger partial charge < -0.3 is 15.0 Å². The lowest BCUT2D eigenvalue weighted by atomic mass is 10.2. The molecular weight excluding hydrogens is 292 g/mol. The minimum Gasteiger partial charge on any atom is -0.444 e. The van der Waals surface area contributed by atoms with Gasteiger partial charge in [0, 0.05) is 32.0 Å². The number of aliphatic imine (C=N–C) groups is 1. The van der Waals surface area contributed by atoms with E-state index in [1.165, 1.54) is 0 Å². The predicted molar refractivity (Wildman–Crippen MR) is 96.4 cm³/mol. The van der Waals surface area contributed by atoms with E-state index in [1.807, 2.05) is 71.0 Å². The van der Waals surface area contributed by atoms with Gasteiger partial charge in [-0.3, -0.25) is 10.3 Å². The van der Waals surface area contributed by atoms with Crippen molar-refractivity contribution in [3.63, 3.8) is 0 Å². The van der Waals surface area contributed by atoms with Crippen LogP contribution in [0, 0.1) is 0 Å². The molecule has 6 heteroatoms. The van der Waals surface area contributed by atoms with Crippen LogP contribution in [-0.4, -0.2) is 38.3 Å². The summed E-state index contributed by atoms with van der Waals surface area (Å²) in [5, 5.41) is 5.78. The molecule has 128 valence electrons. The lowest BCUT2D eigenvalue weighted by molar-refractivity contribution is 0.0563. The predicted octanol–water partition coefficient (Wildman–Crippen LogP) is 3.46. The van der Waals surface area contributed by atoms with E-state index in [0.29, 0.717) is 12.5 Å². The molecule has 1 aromatic rings. The quantitative estimate of drug-likeness (QED) is 0.659. The Balaban J connectivity index is 2.76. The summed E-state index contributed by atoms with van der Waals surface area (Å²) >= 11 is 0. The number of benzene rings is 1. The number of anilines is 2. The van der Waals surface area contributed by atoms with Gasteiger partial charge in [-0.15, -0.1) is 0 Å². The van der Waals surface area contributed by atoms with Gasteiger partial charge in [0.25, 0.3) is 0 Å². The fourth-order valence-corrected chi connectivity index (χ4v) is 1.71. The number of alkyl carbamates (subject to hydrolysis) is 1. The van der Waals surface area contributed by atoms with Crippen LogP contribution in [0.4, 0.5) is 16.2 Å². The third-order valence-corrected chi connectivity index (χ3v) is 2.76. The Hall–Kier alpha value is -2.24. The minimum atomic E-state index is -0.548. The zero-order valence-corrected chi connectivity index (χ0v) is 14.9. The topological polar surface area (TPSA) is 66.0 Å². The van der Waals surface area contributed by atoms with Crippen LogP contribution in [0.25, 0.3) is 0 Å². The van der Waals surface area contributed by atoms with Crippen LogP contribution in [-0.2, 0) is 4.74 Å². The van der Waals surface area contributed by atoms with E-state index in [9.17, 15) is 4.79 Å². The first kappa shape index (κ1) is 18.8. The molecule has 0 atom stereocenters. The number of amides is 1. The molecule has 0 radical (unpaired) electrons. The monoisotopic (exact) mass is 320 g/mol. The van der Waals surface area contributed by atoms with Crippen LogP contribution in [0.1, 0.15) is 34.1 Å². The fourth-order valence-electron chi connectivity index (χ4n) is 1.71. The van der Waals surface area contributed by atoms with Gasteiger partial charge in [-0.2, -0.15) is 0 Å². The van der Waals surface area contributed by atoms with Gasteiger partial charge in [-0.1, -0.05) is 6.92 Å². The molecule has 2 N–H and O–H groups in total. The maximum absolute atomic E-state index is 11.9. The lowest BCUT2D eigenvalue weighted by Crippen LogP contribution is -2.40. The Kier molecular flexibility index (Phi) is 6.88. The van der Waals surface area contributed by atoms with E-state index in [1.54, 1.807) is 0 Å². The number of carbonyl (C=O) groups is 1. The average molecular weight is 320 g/mol. The fraction of sp³-hybridized carbons (Fsp3) is 0.529. The minimum absolute atomic E-state index is 0.388. The molecule has 0 aromatic heterocycles. The first-order valence-corrected chi connectivity index (χ1v) is 7.80. The summed E-state index contributed by atoms with van der Waals surface area (Å²) < 4.78 is 5.26. The molecule has 1 rings (SSSR count). The van der Waals surface area contributed by atoms with Crippen LogP contribution in [0.3, 0.4) is 0 Å². The summed E-state index contributed by atoms with van der Waals surface area (Å²) in [5.41, 5.74) is 1.40. The first-order chi connectivity index (χ1) is 10.7. The molecule has 1 amide bonds. The number of hydrogen-bond acceptors (Lipinski definition) is 4. The largest absolute Gasteiger partial charge is 0.444 e. The summed E-state index contributed by atoms with van der Waals surface area (Å²) in [6.45, 7) is 8.11. The number of guanidine groups is 1. The molecule has 0 saturated heterocycles. The highest BCUT2D eigenvalue weighted by Gasteiger charge is 2.17. The lowest BCUT2D eigenvalue weighted by Gasteiger charge is -2.20. The van der Waals surface area contributed by atoms with Crippen molar-refractivity contribution in [2.45, 2.75) is 39.7 Å². The molecule has 0 unspecified atom stereocenters. The van der Waals surface area contributed by atoms with Gasteiger partial charge in [0.05, 0.1) is 0 Å². The number of carbonyl (C=O) groups excluding carboxylic acids is 1. The Morgan fingerprint density at radius 2 is 1.83 bits per heavy atom. The van der Waals surface area contributed by atoms with Crippen LogP contribution < -0.4 is 15.5 Å². The van der Waals surface area contributed by atoms with E-state index in [0.717, 1.165) is 17.8 Å². The molecule has 0 aliphatic rings. The van der Waals surface area contributed by atoms with Gasteiger partial charge in [-0.25, -0.2) is 4.79 Å². The Labute approximate surface area is 138 Å². The number of hydrogen-bond donors (Lipinski definition) is 2. The summed E-state index contributed by atoms with van der Waals surface area (Å²) in [7, 11) is 3.97. The highest BCUT2D eigenvalue weighted by atomic mass is 16.6. The normalized spacial score (nSPS) is 11.8. The SMILES string of the molecule is CCCN=C(NC(=O)OC(C)(C)C)Nc1ccc(N(C)C)cc1. The second kappa shape index (κ2) is 8.41. The Morgan fingerprint density at radius 1 is 1.22 bits per heavy atom. The van der Waals surface area contributed by atoms with Crippen molar-refractivity contribution in [3.05, 3.63) is 24.3 Å². The van der Waals surface area contributed by atoms with E-state index < -0.39 is 11.7 Å². The molecule has 0 bridgehead atoms. The van der Waals surface area contributed by atoms with Gasteiger partial charge in [0.2, 0.25) is 5.96 Å². The van der Waals surface area contributed by atoms with E-state index in [2.05, 4.69) is 15.6 Å². The van der Waals surface area contributed by atoms with Crippen molar-refractivity contribution < 1.29 is 9.53 Å². The number of nitrogens with zero attached hydrogens (tertiary/aromatic N) is 2. The molecule has 0 aliphatic heterocycles. The number of nitrogens with one attached hydrogen (secondary N) is 2. The Morgan fingerprint density at radius 3 is 2.30 bits per heavy atom. The van der Waals surface area contributed by atoms with E-state index in [-0.39, 0.29) is 0 Å². The second-order valence-corrected chi connectivity index (χ2v) is 6.42. The highest BCUT2D eigenvalue weighted by molar-refractivity contribution is 6.02.